The van der Waals surface area contributed by atoms with Gasteiger partial charge >= 0.3 is 5.00 Å². The molecule has 1 aromatic heterocycles. The predicted octanol–water partition coefficient (Wildman–Crippen LogP) is 2.31. The second-order valence-electron chi connectivity index (χ2n) is 4.77. The Kier molecular flexibility index (Phi) is 4.51. The predicted molar refractivity (Wildman–Crippen MR) is 76.6 cm³/mol. The molecule has 0 bridgehead atoms. The molecule has 0 aliphatic carbocycles. The highest BCUT2D eigenvalue weighted by Crippen LogP contribution is 2.25. The Bertz CT molecular complexity index is 530. The van der Waals surface area contributed by atoms with Crippen LogP contribution in [0.1, 0.15) is 18.7 Å². The lowest BCUT2D eigenvalue weighted by Crippen LogP contribution is -2.47. The fourth-order valence-electron chi connectivity index (χ4n) is 2.15. The standard InChI is InChI=1S/C13H16N2O4S/c1-9-7-14(8-10(2)19-9)12(16)5-3-11-4-6-13(20-11)15(17)18/h3-6,9-10H,7-8H2,1-2H3/b5-3+. The maximum Gasteiger partial charge on any atom is 0.324 e. The third-order valence-electron chi connectivity index (χ3n) is 2.91. The number of nitro groups is 1. The van der Waals surface area contributed by atoms with Crippen LogP contribution in [0.5, 0.6) is 0 Å². The minimum atomic E-state index is -0.435. The summed E-state index contributed by atoms with van der Waals surface area (Å²) >= 11 is 1.05. The summed E-state index contributed by atoms with van der Waals surface area (Å²) in [5.41, 5.74) is 0. The van der Waals surface area contributed by atoms with Crippen molar-refractivity contribution in [3.8, 4) is 0 Å². The summed E-state index contributed by atoms with van der Waals surface area (Å²) in [5, 5.41) is 10.6. The van der Waals surface area contributed by atoms with Crippen LogP contribution in [-0.4, -0.2) is 41.0 Å². The highest BCUT2D eigenvalue weighted by atomic mass is 32.1. The Labute approximate surface area is 120 Å². The van der Waals surface area contributed by atoms with Crippen molar-refractivity contribution in [3.05, 3.63) is 33.2 Å². The molecule has 1 aliphatic rings. The Balaban J connectivity index is 1.99. The van der Waals surface area contributed by atoms with E-state index in [0.29, 0.717) is 18.0 Å². The van der Waals surface area contributed by atoms with Crippen LogP contribution in [-0.2, 0) is 9.53 Å². The van der Waals surface area contributed by atoms with Gasteiger partial charge in [-0.15, -0.1) is 0 Å². The first-order chi connectivity index (χ1) is 9.45. The van der Waals surface area contributed by atoms with Gasteiger partial charge in [0.15, 0.2) is 0 Å². The van der Waals surface area contributed by atoms with E-state index < -0.39 is 4.92 Å². The molecule has 20 heavy (non-hydrogen) atoms. The van der Waals surface area contributed by atoms with E-state index in [1.165, 1.54) is 12.1 Å². The van der Waals surface area contributed by atoms with Gasteiger partial charge in [-0.1, -0.05) is 11.3 Å². The van der Waals surface area contributed by atoms with Crippen LogP contribution in [0, 0.1) is 10.1 Å². The Morgan fingerprint density at radius 1 is 1.45 bits per heavy atom. The number of rotatable bonds is 3. The van der Waals surface area contributed by atoms with Crippen LogP contribution in [0.15, 0.2) is 18.2 Å². The van der Waals surface area contributed by atoms with Crippen molar-refractivity contribution in [2.75, 3.05) is 13.1 Å². The molecule has 108 valence electrons. The molecular formula is C13H16N2O4S. The molecule has 0 N–H and O–H groups in total. The minimum absolute atomic E-state index is 0.0268. The lowest BCUT2D eigenvalue weighted by Gasteiger charge is -2.34. The highest BCUT2D eigenvalue weighted by molar-refractivity contribution is 7.16. The van der Waals surface area contributed by atoms with Crippen molar-refractivity contribution < 1.29 is 14.5 Å². The van der Waals surface area contributed by atoms with E-state index in [1.54, 1.807) is 17.0 Å². The zero-order valence-electron chi connectivity index (χ0n) is 11.3. The Morgan fingerprint density at radius 2 is 2.10 bits per heavy atom. The maximum absolute atomic E-state index is 12.1. The van der Waals surface area contributed by atoms with E-state index in [0.717, 1.165) is 11.3 Å². The SMILES string of the molecule is CC1CN(C(=O)/C=C/c2ccc([N+](=O)[O-])s2)CC(C)O1. The van der Waals surface area contributed by atoms with Gasteiger partial charge in [0.05, 0.1) is 17.1 Å². The average Bonchev–Trinajstić information content (AvgIpc) is 2.83. The van der Waals surface area contributed by atoms with Crippen molar-refractivity contribution in [1.29, 1.82) is 0 Å². The summed E-state index contributed by atoms with van der Waals surface area (Å²) in [6, 6.07) is 3.07. The first-order valence-electron chi connectivity index (χ1n) is 6.32. The van der Waals surface area contributed by atoms with Crippen LogP contribution in [0.4, 0.5) is 5.00 Å². The van der Waals surface area contributed by atoms with Crippen LogP contribution in [0.25, 0.3) is 6.08 Å². The van der Waals surface area contributed by atoms with Gasteiger partial charge in [0, 0.05) is 30.1 Å². The molecule has 1 saturated heterocycles. The Hall–Kier alpha value is -1.73. The second-order valence-corrected chi connectivity index (χ2v) is 5.86. The van der Waals surface area contributed by atoms with E-state index in [1.807, 2.05) is 13.8 Å². The van der Waals surface area contributed by atoms with E-state index in [4.69, 9.17) is 4.74 Å². The van der Waals surface area contributed by atoms with E-state index in [9.17, 15) is 14.9 Å². The highest BCUT2D eigenvalue weighted by Gasteiger charge is 2.24. The second kappa shape index (κ2) is 6.15. The number of nitrogens with zero attached hydrogens (tertiary/aromatic N) is 2. The topological polar surface area (TPSA) is 72.7 Å². The molecule has 0 aromatic carbocycles. The maximum atomic E-state index is 12.1. The molecule has 0 spiro atoms. The van der Waals surface area contributed by atoms with Gasteiger partial charge in [0.1, 0.15) is 0 Å². The van der Waals surface area contributed by atoms with Crippen LogP contribution >= 0.6 is 11.3 Å². The molecule has 2 unspecified atom stereocenters. The van der Waals surface area contributed by atoms with Crippen molar-refractivity contribution in [2.24, 2.45) is 0 Å². The Morgan fingerprint density at radius 3 is 2.65 bits per heavy atom. The molecule has 1 aliphatic heterocycles. The normalized spacial score (nSPS) is 23.2. The first kappa shape index (κ1) is 14.7. The summed E-state index contributed by atoms with van der Waals surface area (Å²) < 4.78 is 5.57. The van der Waals surface area contributed by atoms with Crippen LogP contribution in [0.2, 0.25) is 0 Å². The van der Waals surface area contributed by atoms with Crippen molar-refractivity contribution in [2.45, 2.75) is 26.1 Å². The summed E-state index contributed by atoms with van der Waals surface area (Å²) in [5.74, 6) is -0.0944. The lowest BCUT2D eigenvalue weighted by molar-refractivity contribution is -0.380. The quantitative estimate of drug-likeness (QED) is 0.487. The van der Waals surface area contributed by atoms with E-state index in [-0.39, 0.29) is 23.1 Å². The monoisotopic (exact) mass is 296 g/mol. The zero-order valence-corrected chi connectivity index (χ0v) is 12.1. The number of ether oxygens (including phenoxy) is 1. The minimum Gasteiger partial charge on any atom is -0.372 e. The van der Waals surface area contributed by atoms with Crippen molar-refractivity contribution in [3.63, 3.8) is 0 Å². The molecule has 1 aromatic rings. The van der Waals surface area contributed by atoms with Gasteiger partial charge in [-0.25, -0.2) is 0 Å². The van der Waals surface area contributed by atoms with Gasteiger partial charge in [0.25, 0.3) is 0 Å². The molecule has 7 heteroatoms. The number of carbonyl (C=O) groups excluding carboxylic acids is 1. The summed E-state index contributed by atoms with van der Waals surface area (Å²) in [6.07, 6.45) is 3.13. The molecule has 2 rings (SSSR count). The first-order valence-corrected chi connectivity index (χ1v) is 7.14. The lowest BCUT2D eigenvalue weighted by atomic mass is 10.2. The van der Waals surface area contributed by atoms with Crippen LogP contribution < -0.4 is 0 Å². The molecule has 6 nitrogen and oxygen atoms in total. The third kappa shape index (κ3) is 3.64. The zero-order chi connectivity index (χ0) is 14.7. The number of hydrogen-bond acceptors (Lipinski definition) is 5. The van der Waals surface area contributed by atoms with Gasteiger partial charge in [-0.3, -0.25) is 14.9 Å². The molecular weight excluding hydrogens is 280 g/mol. The smallest absolute Gasteiger partial charge is 0.324 e. The molecule has 1 amide bonds. The summed E-state index contributed by atoms with van der Waals surface area (Å²) in [7, 11) is 0. The van der Waals surface area contributed by atoms with Crippen molar-refractivity contribution in [1.82, 2.24) is 4.90 Å². The van der Waals surface area contributed by atoms with Crippen molar-refractivity contribution >= 4 is 28.3 Å². The number of carbonyl (C=O) groups is 1. The fraction of sp³-hybridized carbons (Fsp3) is 0.462. The van der Waals surface area contributed by atoms with Gasteiger partial charge < -0.3 is 9.64 Å². The number of hydrogen-bond donors (Lipinski definition) is 0. The summed E-state index contributed by atoms with van der Waals surface area (Å²) in [4.78, 5) is 24.6. The molecule has 0 radical (unpaired) electrons. The number of morpholine rings is 1. The van der Waals surface area contributed by atoms with Crippen LogP contribution in [0.3, 0.4) is 0 Å². The van der Waals surface area contributed by atoms with Gasteiger partial charge in [0.2, 0.25) is 5.91 Å². The summed E-state index contributed by atoms with van der Waals surface area (Å²) in [6.45, 7) is 5.00. The third-order valence-corrected chi connectivity index (χ3v) is 3.92. The number of thiophene rings is 1. The van der Waals surface area contributed by atoms with E-state index >= 15 is 0 Å². The van der Waals surface area contributed by atoms with Gasteiger partial charge in [-0.05, 0) is 26.0 Å². The molecule has 2 heterocycles. The van der Waals surface area contributed by atoms with Gasteiger partial charge in [-0.2, -0.15) is 0 Å². The largest absolute Gasteiger partial charge is 0.372 e. The molecule has 0 saturated carbocycles. The van der Waals surface area contributed by atoms with E-state index in [2.05, 4.69) is 0 Å². The average molecular weight is 296 g/mol. The fourth-order valence-corrected chi connectivity index (χ4v) is 2.87. The molecule has 1 fully saturated rings. The molecule has 2 atom stereocenters. The number of amides is 1.